The van der Waals surface area contributed by atoms with E-state index in [2.05, 4.69) is 36.3 Å². The lowest BCUT2D eigenvalue weighted by Gasteiger charge is -2.29. The second-order valence-electron chi connectivity index (χ2n) is 5.24. The van der Waals surface area contributed by atoms with Crippen LogP contribution < -0.4 is 5.32 Å². The van der Waals surface area contributed by atoms with Crippen molar-refractivity contribution in [3.8, 4) is 0 Å². The first kappa shape index (κ1) is 14.3. The Morgan fingerprint density at radius 1 is 1.32 bits per heavy atom. The Morgan fingerprint density at radius 3 is 2.84 bits per heavy atom. The smallest absolute Gasteiger partial charge is 0.0702 e. The van der Waals surface area contributed by atoms with Gasteiger partial charge in [0, 0.05) is 29.5 Å². The van der Waals surface area contributed by atoms with Gasteiger partial charge in [-0.3, -0.25) is 4.98 Å². The molecule has 1 heterocycles. The van der Waals surface area contributed by atoms with Crippen LogP contribution in [0.3, 0.4) is 0 Å². The molecule has 19 heavy (non-hydrogen) atoms. The van der Waals surface area contributed by atoms with Crippen LogP contribution in [-0.4, -0.2) is 16.4 Å². The first-order valence-corrected chi connectivity index (χ1v) is 7.35. The number of benzene rings is 1. The van der Waals surface area contributed by atoms with Gasteiger partial charge in [-0.1, -0.05) is 25.1 Å². The van der Waals surface area contributed by atoms with Gasteiger partial charge in [0.15, 0.2) is 0 Å². The van der Waals surface area contributed by atoms with E-state index in [4.69, 9.17) is 11.6 Å². The number of para-hydroxylation sites is 1. The standard InChI is InChI=1S/C16H21ClN2/c1-3-16(2,8-9-17)19-12-13-10-14-6-4-5-7-15(14)18-11-13/h4-7,10-11,19H,3,8-9,12H2,1-2H3. The lowest BCUT2D eigenvalue weighted by Crippen LogP contribution is -2.41. The molecule has 0 aliphatic rings. The molecule has 0 aliphatic heterocycles. The van der Waals surface area contributed by atoms with Gasteiger partial charge in [-0.05, 0) is 37.5 Å². The number of rotatable bonds is 6. The van der Waals surface area contributed by atoms with Crippen LogP contribution in [0.15, 0.2) is 36.5 Å². The van der Waals surface area contributed by atoms with Crippen LogP contribution in [0, 0.1) is 0 Å². The van der Waals surface area contributed by atoms with E-state index >= 15 is 0 Å². The SMILES string of the molecule is CCC(C)(CCCl)NCc1cnc2ccccc2c1. The summed E-state index contributed by atoms with van der Waals surface area (Å²) in [5.74, 6) is 0.688. The quantitative estimate of drug-likeness (QED) is 0.803. The molecule has 2 aromatic rings. The number of alkyl halides is 1. The van der Waals surface area contributed by atoms with Crippen molar-refractivity contribution in [2.24, 2.45) is 0 Å². The molecular formula is C16H21ClN2. The van der Waals surface area contributed by atoms with Crippen LogP contribution in [-0.2, 0) is 6.54 Å². The minimum Gasteiger partial charge on any atom is -0.307 e. The molecule has 102 valence electrons. The fraction of sp³-hybridized carbons (Fsp3) is 0.438. The molecule has 1 atom stereocenters. The normalized spacial score (nSPS) is 14.5. The maximum Gasteiger partial charge on any atom is 0.0702 e. The van der Waals surface area contributed by atoms with Crippen molar-refractivity contribution in [1.82, 2.24) is 10.3 Å². The molecule has 0 saturated heterocycles. The number of aromatic nitrogens is 1. The summed E-state index contributed by atoms with van der Waals surface area (Å²) in [5, 5.41) is 4.80. The van der Waals surface area contributed by atoms with Crippen LogP contribution in [0.5, 0.6) is 0 Å². The Labute approximate surface area is 120 Å². The van der Waals surface area contributed by atoms with Gasteiger partial charge in [0.2, 0.25) is 0 Å². The third-order valence-corrected chi connectivity index (χ3v) is 3.98. The number of nitrogens with zero attached hydrogens (tertiary/aromatic N) is 1. The van der Waals surface area contributed by atoms with Gasteiger partial charge in [0.05, 0.1) is 5.52 Å². The molecule has 1 aromatic heterocycles. The summed E-state index contributed by atoms with van der Waals surface area (Å²) in [7, 11) is 0. The number of pyridine rings is 1. The number of hydrogen-bond acceptors (Lipinski definition) is 2. The molecule has 3 heteroatoms. The topological polar surface area (TPSA) is 24.9 Å². The average Bonchev–Trinajstić information content (AvgIpc) is 2.45. The first-order valence-electron chi connectivity index (χ1n) is 6.81. The second kappa shape index (κ2) is 6.36. The van der Waals surface area contributed by atoms with Gasteiger partial charge in [-0.25, -0.2) is 0 Å². The molecule has 0 fully saturated rings. The molecule has 1 N–H and O–H groups in total. The van der Waals surface area contributed by atoms with Crippen molar-refractivity contribution < 1.29 is 0 Å². The summed E-state index contributed by atoms with van der Waals surface area (Å²) in [6.45, 7) is 5.25. The summed E-state index contributed by atoms with van der Waals surface area (Å²) in [6, 6.07) is 10.4. The van der Waals surface area contributed by atoms with Crippen molar-refractivity contribution >= 4 is 22.5 Å². The number of hydrogen-bond donors (Lipinski definition) is 1. The Hall–Kier alpha value is -1.12. The van der Waals surface area contributed by atoms with E-state index in [0.29, 0.717) is 5.88 Å². The van der Waals surface area contributed by atoms with Gasteiger partial charge in [-0.2, -0.15) is 0 Å². The number of nitrogens with one attached hydrogen (secondary N) is 1. The Balaban J connectivity index is 2.09. The molecule has 2 nitrogen and oxygen atoms in total. The molecule has 1 aromatic carbocycles. The highest BCUT2D eigenvalue weighted by Gasteiger charge is 2.20. The predicted molar refractivity (Wildman–Crippen MR) is 82.6 cm³/mol. The van der Waals surface area contributed by atoms with E-state index in [9.17, 15) is 0 Å². The largest absolute Gasteiger partial charge is 0.307 e. The minimum atomic E-state index is 0.105. The lowest BCUT2D eigenvalue weighted by molar-refractivity contribution is 0.331. The van der Waals surface area contributed by atoms with Gasteiger partial charge in [0.25, 0.3) is 0 Å². The van der Waals surface area contributed by atoms with Crippen LogP contribution in [0.2, 0.25) is 0 Å². The van der Waals surface area contributed by atoms with Gasteiger partial charge in [-0.15, -0.1) is 11.6 Å². The summed E-state index contributed by atoms with van der Waals surface area (Å²) in [5.41, 5.74) is 2.37. The number of fused-ring (bicyclic) bond motifs is 1. The highest BCUT2D eigenvalue weighted by Crippen LogP contribution is 2.17. The molecule has 0 bridgehead atoms. The third kappa shape index (κ3) is 3.68. The van der Waals surface area contributed by atoms with E-state index in [1.54, 1.807) is 0 Å². The second-order valence-corrected chi connectivity index (χ2v) is 5.62. The summed E-state index contributed by atoms with van der Waals surface area (Å²) >= 11 is 5.87. The number of halogens is 1. The van der Waals surface area contributed by atoms with E-state index in [1.165, 1.54) is 10.9 Å². The molecule has 0 saturated carbocycles. The van der Waals surface area contributed by atoms with Gasteiger partial charge >= 0.3 is 0 Å². The van der Waals surface area contributed by atoms with E-state index in [0.717, 1.165) is 24.9 Å². The molecule has 0 amide bonds. The molecule has 2 rings (SSSR count). The van der Waals surface area contributed by atoms with Gasteiger partial charge < -0.3 is 5.32 Å². The van der Waals surface area contributed by atoms with Crippen molar-refractivity contribution in [2.45, 2.75) is 38.8 Å². The third-order valence-electron chi connectivity index (χ3n) is 3.79. The summed E-state index contributed by atoms with van der Waals surface area (Å²) in [4.78, 5) is 4.49. The molecule has 0 spiro atoms. The Bertz CT molecular complexity index is 541. The molecule has 1 unspecified atom stereocenters. The van der Waals surface area contributed by atoms with E-state index in [-0.39, 0.29) is 5.54 Å². The van der Waals surface area contributed by atoms with E-state index in [1.807, 2.05) is 24.4 Å². The Morgan fingerprint density at radius 2 is 2.11 bits per heavy atom. The maximum atomic E-state index is 5.87. The fourth-order valence-corrected chi connectivity index (χ4v) is 2.54. The highest BCUT2D eigenvalue weighted by atomic mass is 35.5. The van der Waals surface area contributed by atoms with Crippen molar-refractivity contribution in [3.05, 3.63) is 42.1 Å². The highest BCUT2D eigenvalue weighted by molar-refractivity contribution is 6.17. The summed E-state index contributed by atoms with van der Waals surface area (Å²) in [6.07, 6.45) is 4.00. The molecule has 0 radical (unpaired) electrons. The first-order chi connectivity index (χ1) is 9.17. The zero-order chi connectivity index (χ0) is 13.7. The Kier molecular flexibility index (Phi) is 4.78. The fourth-order valence-electron chi connectivity index (χ4n) is 2.13. The van der Waals surface area contributed by atoms with Crippen LogP contribution in [0.25, 0.3) is 10.9 Å². The average molecular weight is 277 g/mol. The lowest BCUT2D eigenvalue weighted by atomic mass is 9.95. The van der Waals surface area contributed by atoms with Crippen molar-refractivity contribution in [1.29, 1.82) is 0 Å². The van der Waals surface area contributed by atoms with Crippen LogP contribution in [0.1, 0.15) is 32.3 Å². The van der Waals surface area contributed by atoms with Gasteiger partial charge in [0.1, 0.15) is 0 Å². The minimum absolute atomic E-state index is 0.105. The van der Waals surface area contributed by atoms with E-state index < -0.39 is 0 Å². The predicted octanol–water partition coefficient (Wildman–Crippen LogP) is 4.12. The monoisotopic (exact) mass is 276 g/mol. The van der Waals surface area contributed by atoms with Crippen molar-refractivity contribution in [2.75, 3.05) is 5.88 Å². The summed E-state index contributed by atoms with van der Waals surface area (Å²) < 4.78 is 0. The molecule has 0 aliphatic carbocycles. The van der Waals surface area contributed by atoms with Crippen LogP contribution >= 0.6 is 11.6 Å². The maximum absolute atomic E-state index is 5.87. The zero-order valence-electron chi connectivity index (χ0n) is 11.6. The molecular weight excluding hydrogens is 256 g/mol. The van der Waals surface area contributed by atoms with Crippen molar-refractivity contribution in [3.63, 3.8) is 0 Å². The van der Waals surface area contributed by atoms with Crippen LogP contribution in [0.4, 0.5) is 0 Å². The zero-order valence-corrected chi connectivity index (χ0v) is 12.4.